The van der Waals surface area contributed by atoms with E-state index in [0.717, 1.165) is 24.8 Å². The molecule has 1 aliphatic rings. The standard InChI is InChI=1S/C17H25NO3S/c1-3-12-22(20,21)17(10-5-4-6-11-17)15-13(2)8-7-9-14(15)16(18)19/h7-9H,3-6,10-12H2,1-2H3,(H2,18,19). The first kappa shape index (κ1) is 17.0. The molecule has 0 bridgehead atoms. The molecule has 0 heterocycles. The topological polar surface area (TPSA) is 77.2 Å². The van der Waals surface area contributed by atoms with E-state index in [2.05, 4.69) is 0 Å². The van der Waals surface area contributed by atoms with Crippen LogP contribution in [0, 0.1) is 6.92 Å². The van der Waals surface area contributed by atoms with Crippen LogP contribution in [0.1, 0.15) is 66.9 Å². The molecular weight excluding hydrogens is 298 g/mol. The monoisotopic (exact) mass is 323 g/mol. The van der Waals surface area contributed by atoms with E-state index < -0.39 is 20.5 Å². The van der Waals surface area contributed by atoms with E-state index in [9.17, 15) is 13.2 Å². The van der Waals surface area contributed by atoms with E-state index in [1.165, 1.54) is 0 Å². The normalized spacial score (nSPS) is 18.1. The zero-order chi connectivity index (χ0) is 16.4. The van der Waals surface area contributed by atoms with Crippen molar-refractivity contribution in [3.63, 3.8) is 0 Å². The highest BCUT2D eigenvalue weighted by Gasteiger charge is 2.47. The van der Waals surface area contributed by atoms with E-state index in [-0.39, 0.29) is 5.75 Å². The molecule has 4 nitrogen and oxygen atoms in total. The van der Waals surface area contributed by atoms with Gasteiger partial charge in [-0.15, -0.1) is 0 Å². The number of rotatable bonds is 5. The Labute approximate surface area is 133 Å². The van der Waals surface area contributed by atoms with Crippen molar-refractivity contribution in [3.8, 4) is 0 Å². The van der Waals surface area contributed by atoms with Crippen LogP contribution < -0.4 is 5.73 Å². The minimum Gasteiger partial charge on any atom is -0.366 e. The fourth-order valence-electron chi connectivity index (χ4n) is 3.78. The van der Waals surface area contributed by atoms with Crippen LogP contribution in [0.3, 0.4) is 0 Å². The van der Waals surface area contributed by atoms with Crippen molar-refractivity contribution in [2.24, 2.45) is 5.73 Å². The Morgan fingerprint density at radius 2 is 1.86 bits per heavy atom. The summed E-state index contributed by atoms with van der Waals surface area (Å²) in [6.45, 7) is 3.75. The van der Waals surface area contributed by atoms with Crippen molar-refractivity contribution in [1.29, 1.82) is 0 Å². The van der Waals surface area contributed by atoms with Crippen molar-refractivity contribution in [2.45, 2.75) is 57.1 Å². The summed E-state index contributed by atoms with van der Waals surface area (Å²) in [4.78, 5) is 11.9. The Hall–Kier alpha value is -1.36. The summed E-state index contributed by atoms with van der Waals surface area (Å²) in [5.41, 5.74) is 7.39. The van der Waals surface area contributed by atoms with Crippen molar-refractivity contribution in [1.82, 2.24) is 0 Å². The van der Waals surface area contributed by atoms with Gasteiger partial charge in [-0.1, -0.05) is 38.3 Å². The summed E-state index contributed by atoms with van der Waals surface area (Å²) in [5.74, 6) is -0.394. The van der Waals surface area contributed by atoms with Crippen molar-refractivity contribution in [2.75, 3.05) is 5.75 Å². The van der Waals surface area contributed by atoms with Gasteiger partial charge in [-0.2, -0.15) is 0 Å². The van der Waals surface area contributed by atoms with Crippen LogP contribution in [-0.4, -0.2) is 20.1 Å². The number of aryl methyl sites for hydroxylation is 1. The van der Waals surface area contributed by atoms with Gasteiger partial charge in [0.2, 0.25) is 5.91 Å². The number of amides is 1. The molecule has 1 aromatic rings. The lowest BCUT2D eigenvalue weighted by Crippen LogP contribution is -2.41. The van der Waals surface area contributed by atoms with Crippen LogP contribution in [0.25, 0.3) is 0 Å². The van der Waals surface area contributed by atoms with Gasteiger partial charge >= 0.3 is 0 Å². The summed E-state index contributed by atoms with van der Waals surface area (Å²) < 4.78 is 25.2. The van der Waals surface area contributed by atoms with Crippen LogP contribution in [0.5, 0.6) is 0 Å². The minimum atomic E-state index is -3.33. The Kier molecular flexibility index (Phi) is 4.95. The number of hydrogen-bond donors (Lipinski definition) is 1. The predicted molar refractivity (Wildman–Crippen MR) is 88.5 cm³/mol. The lowest BCUT2D eigenvalue weighted by atomic mass is 9.79. The quantitative estimate of drug-likeness (QED) is 0.904. The van der Waals surface area contributed by atoms with Gasteiger partial charge in [0, 0.05) is 5.56 Å². The number of carbonyl (C=O) groups is 1. The van der Waals surface area contributed by atoms with Crippen LogP contribution >= 0.6 is 0 Å². The van der Waals surface area contributed by atoms with E-state index in [4.69, 9.17) is 5.73 Å². The van der Waals surface area contributed by atoms with Gasteiger partial charge in [0.25, 0.3) is 0 Å². The van der Waals surface area contributed by atoms with E-state index in [0.29, 0.717) is 30.4 Å². The first-order valence-electron chi connectivity index (χ1n) is 7.98. The molecule has 1 saturated carbocycles. The molecule has 2 rings (SSSR count). The zero-order valence-electron chi connectivity index (χ0n) is 13.4. The molecule has 1 aromatic carbocycles. The Balaban J connectivity index is 2.74. The molecule has 122 valence electrons. The zero-order valence-corrected chi connectivity index (χ0v) is 14.2. The average Bonchev–Trinajstić information content (AvgIpc) is 2.47. The van der Waals surface area contributed by atoms with Gasteiger partial charge in [0.1, 0.15) is 0 Å². The highest BCUT2D eigenvalue weighted by atomic mass is 32.2. The van der Waals surface area contributed by atoms with E-state index in [1.54, 1.807) is 12.1 Å². The third-order valence-electron chi connectivity index (χ3n) is 4.72. The average molecular weight is 323 g/mol. The van der Waals surface area contributed by atoms with Gasteiger partial charge in [-0.25, -0.2) is 8.42 Å². The predicted octanol–water partition coefficient (Wildman–Crippen LogP) is 3.08. The second-order valence-corrected chi connectivity index (χ2v) is 8.65. The molecular formula is C17H25NO3S. The second-order valence-electron chi connectivity index (χ2n) is 6.24. The summed E-state index contributed by atoms with van der Waals surface area (Å²) in [7, 11) is -3.33. The molecule has 2 N–H and O–H groups in total. The number of primary amides is 1. The molecule has 1 amide bonds. The SMILES string of the molecule is CCCS(=O)(=O)C1(c2c(C)cccc2C(N)=O)CCCCC1. The van der Waals surface area contributed by atoms with Gasteiger partial charge in [0.15, 0.2) is 9.84 Å². The molecule has 0 atom stereocenters. The summed E-state index contributed by atoms with van der Waals surface area (Å²) in [5, 5.41) is 0. The Morgan fingerprint density at radius 3 is 2.41 bits per heavy atom. The maximum atomic E-state index is 13.1. The van der Waals surface area contributed by atoms with Crippen LogP contribution in [0.2, 0.25) is 0 Å². The lowest BCUT2D eigenvalue weighted by Gasteiger charge is -2.39. The molecule has 0 saturated heterocycles. The molecule has 22 heavy (non-hydrogen) atoms. The molecule has 1 fully saturated rings. The largest absolute Gasteiger partial charge is 0.366 e. The van der Waals surface area contributed by atoms with Crippen molar-refractivity contribution < 1.29 is 13.2 Å². The van der Waals surface area contributed by atoms with Crippen molar-refractivity contribution in [3.05, 3.63) is 34.9 Å². The Morgan fingerprint density at radius 1 is 1.23 bits per heavy atom. The lowest BCUT2D eigenvalue weighted by molar-refractivity contribution is 0.0998. The summed E-state index contributed by atoms with van der Waals surface area (Å²) >= 11 is 0. The van der Waals surface area contributed by atoms with Crippen LogP contribution in [-0.2, 0) is 14.6 Å². The van der Waals surface area contributed by atoms with E-state index >= 15 is 0 Å². The van der Waals surface area contributed by atoms with Gasteiger partial charge in [0.05, 0.1) is 10.5 Å². The third kappa shape index (κ3) is 2.78. The molecule has 0 spiro atoms. The minimum absolute atomic E-state index is 0.152. The highest BCUT2D eigenvalue weighted by Crippen LogP contribution is 2.47. The molecule has 0 unspecified atom stereocenters. The number of nitrogens with two attached hydrogens (primary N) is 1. The molecule has 5 heteroatoms. The number of sulfone groups is 1. The number of carbonyl (C=O) groups excluding carboxylic acids is 1. The van der Waals surface area contributed by atoms with Crippen LogP contribution in [0.15, 0.2) is 18.2 Å². The maximum absolute atomic E-state index is 13.1. The number of benzene rings is 1. The smallest absolute Gasteiger partial charge is 0.249 e. The summed E-state index contributed by atoms with van der Waals surface area (Å²) in [6.07, 6.45) is 4.54. The van der Waals surface area contributed by atoms with Gasteiger partial charge < -0.3 is 5.73 Å². The fourth-order valence-corrected chi connectivity index (χ4v) is 6.20. The van der Waals surface area contributed by atoms with Gasteiger partial charge in [-0.05, 0) is 43.4 Å². The molecule has 0 aromatic heterocycles. The first-order chi connectivity index (χ1) is 10.4. The third-order valence-corrected chi connectivity index (χ3v) is 7.47. The summed E-state index contributed by atoms with van der Waals surface area (Å²) in [6, 6.07) is 5.30. The fraction of sp³-hybridized carbons (Fsp3) is 0.588. The maximum Gasteiger partial charge on any atom is 0.249 e. The first-order valence-corrected chi connectivity index (χ1v) is 9.63. The van der Waals surface area contributed by atoms with Gasteiger partial charge in [-0.3, -0.25) is 4.79 Å². The number of hydrogen-bond acceptors (Lipinski definition) is 3. The molecule has 0 radical (unpaired) electrons. The Bertz CT molecular complexity index is 658. The molecule has 0 aliphatic heterocycles. The van der Waals surface area contributed by atoms with Crippen molar-refractivity contribution >= 4 is 15.7 Å². The second kappa shape index (κ2) is 6.41. The van der Waals surface area contributed by atoms with E-state index in [1.807, 2.05) is 19.9 Å². The highest BCUT2D eigenvalue weighted by molar-refractivity contribution is 7.92. The van der Waals surface area contributed by atoms with Crippen LogP contribution in [0.4, 0.5) is 0 Å². The molecule has 1 aliphatic carbocycles.